The van der Waals surface area contributed by atoms with Crippen LogP contribution in [0.2, 0.25) is 0 Å². The first-order valence-electron chi connectivity index (χ1n) is 7.51. The molecule has 0 aliphatic carbocycles. The van der Waals surface area contributed by atoms with Crippen molar-refractivity contribution in [3.8, 4) is 0 Å². The highest BCUT2D eigenvalue weighted by atomic mass is 16.5. The Balaban J connectivity index is 2.39. The molecule has 1 unspecified atom stereocenters. The zero-order chi connectivity index (χ0) is 17.6. The average molecular weight is 324 g/mol. The lowest BCUT2D eigenvalue weighted by Crippen LogP contribution is -2.46. The zero-order valence-corrected chi connectivity index (χ0v) is 14.2. The van der Waals surface area contributed by atoms with Gasteiger partial charge in [0.1, 0.15) is 0 Å². The topological polar surface area (TPSA) is 102 Å². The molecule has 0 aliphatic rings. The summed E-state index contributed by atoms with van der Waals surface area (Å²) in [6.07, 6.45) is -0.946. The van der Waals surface area contributed by atoms with Crippen molar-refractivity contribution in [2.24, 2.45) is 0 Å². The van der Waals surface area contributed by atoms with Crippen LogP contribution in [-0.4, -0.2) is 39.8 Å². The molecule has 1 atom stereocenters. The van der Waals surface area contributed by atoms with Gasteiger partial charge in [0, 0.05) is 11.7 Å². The number of hydrogen-bond donors (Lipinski definition) is 2. The van der Waals surface area contributed by atoms with Gasteiger partial charge in [0.25, 0.3) is 5.91 Å². The third kappa shape index (κ3) is 6.50. The number of imide groups is 1. The maximum absolute atomic E-state index is 11.8. The standard InChI is InChI=1S/C15H24N4O4/c1-9(2)16-15(22)17-14(21)12(5)23-13(20)6-7-19-11(4)8-10(3)18-19/h8-9,12H,6-7H2,1-5H3,(H2,16,17,21,22). The molecule has 128 valence electrons. The Labute approximate surface area is 135 Å². The molecule has 0 aromatic carbocycles. The fourth-order valence-electron chi connectivity index (χ4n) is 1.92. The normalized spacial score (nSPS) is 11.9. The molecule has 0 saturated carbocycles. The van der Waals surface area contributed by atoms with Crippen molar-refractivity contribution in [1.82, 2.24) is 20.4 Å². The third-order valence-electron chi connectivity index (χ3n) is 2.97. The number of aryl methyl sites for hydroxylation is 3. The van der Waals surface area contributed by atoms with Crippen LogP contribution in [-0.2, 0) is 20.9 Å². The third-order valence-corrected chi connectivity index (χ3v) is 2.97. The molecule has 0 fully saturated rings. The Morgan fingerprint density at radius 2 is 1.91 bits per heavy atom. The maximum Gasteiger partial charge on any atom is 0.321 e. The summed E-state index contributed by atoms with van der Waals surface area (Å²) in [6.45, 7) is 9.10. The molecule has 0 bridgehead atoms. The number of carbonyl (C=O) groups excluding carboxylic acids is 3. The van der Waals surface area contributed by atoms with Crippen LogP contribution in [0.1, 0.15) is 38.6 Å². The van der Waals surface area contributed by atoms with E-state index in [2.05, 4.69) is 15.7 Å². The van der Waals surface area contributed by atoms with E-state index in [0.29, 0.717) is 6.54 Å². The molecule has 1 heterocycles. The minimum absolute atomic E-state index is 0.0950. The van der Waals surface area contributed by atoms with Crippen LogP contribution in [0.5, 0.6) is 0 Å². The quantitative estimate of drug-likeness (QED) is 0.762. The predicted molar refractivity (Wildman–Crippen MR) is 83.7 cm³/mol. The molecule has 1 aromatic heterocycles. The van der Waals surface area contributed by atoms with E-state index in [-0.39, 0.29) is 12.5 Å². The maximum atomic E-state index is 11.8. The van der Waals surface area contributed by atoms with Crippen LogP contribution in [0.25, 0.3) is 0 Å². The molecule has 0 spiro atoms. The molecule has 0 aliphatic heterocycles. The van der Waals surface area contributed by atoms with Crippen LogP contribution >= 0.6 is 0 Å². The van der Waals surface area contributed by atoms with Gasteiger partial charge in [0.05, 0.1) is 18.7 Å². The van der Waals surface area contributed by atoms with Gasteiger partial charge in [-0.1, -0.05) is 0 Å². The van der Waals surface area contributed by atoms with Gasteiger partial charge in [-0.2, -0.15) is 5.10 Å². The van der Waals surface area contributed by atoms with E-state index >= 15 is 0 Å². The summed E-state index contributed by atoms with van der Waals surface area (Å²) >= 11 is 0. The Morgan fingerprint density at radius 1 is 1.26 bits per heavy atom. The lowest BCUT2D eigenvalue weighted by Gasteiger charge is -2.14. The van der Waals surface area contributed by atoms with Crippen LogP contribution in [0, 0.1) is 13.8 Å². The van der Waals surface area contributed by atoms with Gasteiger partial charge in [-0.25, -0.2) is 4.79 Å². The van der Waals surface area contributed by atoms with Crippen LogP contribution < -0.4 is 10.6 Å². The smallest absolute Gasteiger partial charge is 0.321 e. The van der Waals surface area contributed by atoms with Gasteiger partial charge in [-0.3, -0.25) is 19.6 Å². The fourth-order valence-corrected chi connectivity index (χ4v) is 1.92. The first-order chi connectivity index (χ1) is 10.7. The van der Waals surface area contributed by atoms with Crippen molar-refractivity contribution < 1.29 is 19.1 Å². The second-order valence-electron chi connectivity index (χ2n) is 5.65. The molecule has 8 heteroatoms. The Hall–Kier alpha value is -2.38. The number of nitrogens with zero attached hydrogens (tertiary/aromatic N) is 2. The predicted octanol–water partition coefficient (Wildman–Crippen LogP) is 1.06. The van der Waals surface area contributed by atoms with Gasteiger partial charge in [-0.05, 0) is 40.7 Å². The molecule has 0 saturated heterocycles. The highest BCUT2D eigenvalue weighted by Gasteiger charge is 2.20. The van der Waals surface area contributed by atoms with Crippen LogP contribution in [0.3, 0.4) is 0 Å². The van der Waals surface area contributed by atoms with Gasteiger partial charge >= 0.3 is 12.0 Å². The SMILES string of the molecule is Cc1cc(C)n(CCC(=O)OC(C)C(=O)NC(=O)NC(C)C)n1. The highest BCUT2D eigenvalue weighted by Crippen LogP contribution is 2.04. The number of ether oxygens (including phenoxy) is 1. The van der Waals surface area contributed by atoms with Crippen molar-refractivity contribution >= 4 is 17.9 Å². The van der Waals surface area contributed by atoms with Crippen molar-refractivity contribution in [2.75, 3.05) is 0 Å². The molecular formula is C15H24N4O4. The number of urea groups is 1. The largest absolute Gasteiger partial charge is 0.452 e. The Morgan fingerprint density at radius 3 is 2.43 bits per heavy atom. The molecule has 1 aromatic rings. The molecular weight excluding hydrogens is 300 g/mol. The number of carbonyl (C=O) groups is 3. The fraction of sp³-hybridized carbons (Fsp3) is 0.600. The molecule has 1 rings (SSSR count). The van der Waals surface area contributed by atoms with Gasteiger partial charge < -0.3 is 10.1 Å². The summed E-state index contributed by atoms with van der Waals surface area (Å²) in [6, 6.07) is 1.20. The van der Waals surface area contributed by atoms with Crippen molar-refractivity contribution in [1.29, 1.82) is 0 Å². The summed E-state index contributed by atoms with van der Waals surface area (Å²) in [5.74, 6) is -1.19. The van der Waals surface area contributed by atoms with Crippen LogP contribution in [0.15, 0.2) is 6.07 Å². The first kappa shape index (κ1) is 18.7. The van der Waals surface area contributed by atoms with Crippen LogP contribution in [0.4, 0.5) is 4.79 Å². The second kappa shape index (κ2) is 8.30. The number of amides is 3. The molecule has 0 radical (unpaired) electrons. The molecule has 23 heavy (non-hydrogen) atoms. The number of nitrogens with one attached hydrogen (secondary N) is 2. The van der Waals surface area contributed by atoms with Crippen molar-refractivity contribution in [3.05, 3.63) is 17.5 Å². The summed E-state index contributed by atoms with van der Waals surface area (Å²) < 4.78 is 6.72. The number of esters is 1. The average Bonchev–Trinajstić information content (AvgIpc) is 2.73. The van der Waals surface area contributed by atoms with Crippen molar-refractivity contribution in [3.63, 3.8) is 0 Å². The Kier molecular flexibility index (Phi) is 6.74. The summed E-state index contributed by atoms with van der Waals surface area (Å²) in [7, 11) is 0. The molecule has 3 amide bonds. The van der Waals surface area contributed by atoms with Gasteiger partial charge in [0.15, 0.2) is 6.10 Å². The summed E-state index contributed by atoms with van der Waals surface area (Å²) in [5, 5.41) is 8.87. The molecule has 2 N–H and O–H groups in total. The van der Waals surface area contributed by atoms with E-state index in [4.69, 9.17) is 4.74 Å². The minimum Gasteiger partial charge on any atom is -0.452 e. The lowest BCUT2D eigenvalue weighted by molar-refractivity contribution is -0.154. The first-order valence-corrected chi connectivity index (χ1v) is 7.51. The second-order valence-corrected chi connectivity index (χ2v) is 5.65. The van der Waals surface area contributed by atoms with Crippen molar-refractivity contribution in [2.45, 2.75) is 59.7 Å². The highest BCUT2D eigenvalue weighted by molar-refractivity contribution is 5.97. The number of aromatic nitrogens is 2. The monoisotopic (exact) mass is 324 g/mol. The minimum atomic E-state index is -1.04. The van der Waals surface area contributed by atoms with E-state index < -0.39 is 24.0 Å². The van der Waals surface area contributed by atoms with E-state index in [1.807, 2.05) is 19.9 Å². The van der Waals surface area contributed by atoms with Gasteiger partial charge in [-0.15, -0.1) is 0 Å². The van der Waals surface area contributed by atoms with E-state index in [0.717, 1.165) is 11.4 Å². The number of rotatable bonds is 6. The van der Waals surface area contributed by atoms with E-state index in [1.165, 1.54) is 6.92 Å². The lowest BCUT2D eigenvalue weighted by atomic mass is 10.3. The zero-order valence-electron chi connectivity index (χ0n) is 14.2. The molecule has 8 nitrogen and oxygen atoms in total. The Bertz CT molecular complexity index is 580. The van der Waals surface area contributed by atoms with Gasteiger partial charge in [0.2, 0.25) is 0 Å². The van der Waals surface area contributed by atoms with E-state index in [1.54, 1.807) is 18.5 Å². The number of hydrogen-bond acceptors (Lipinski definition) is 5. The van der Waals surface area contributed by atoms with E-state index in [9.17, 15) is 14.4 Å². The summed E-state index contributed by atoms with van der Waals surface area (Å²) in [4.78, 5) is 34.9. The summed E-state index contributed by atoms with van der Waals surface area (Å²) in [5.41, 5.74) is 1.83.